The van der Waals surface area contributed by atoms with Gasteiger partial charge in [-0.2, -0.15) is 4.31 Å². The fraction of sp³-hybridized carbons (Fsp3) is 0.429. The second kappa shape index (κ2) is 8.60. The number of aryl methyl sites for hydroxylation is 1. The zero-order chi connectivity index (χ0) is 23.9. The van der Waals surface area contributed by atoms with E-state index in [1.807, 2.05) is 0 Å². The number of fused-ring (bicyclic) bond motifs is 1. The Hall–Kier alpha value is -3.25. The average molecular weight is 475 g/mol. The predicted molar refractivity (Wildman–Crippen MR) is 122 cm³/mol. The van der Waals surface area contributed by atoms with Crippen molar-refractivity contribution in [3.63, 3.8) is 0 Å². The second-order valence-electron chi connectivity index (χ2n) is 8.41. The molecule has 3 aromatic rings. The quantitative estimate of drug-likeness (QED) is 0.573. The van der Waals surface area contributed by atoms with E-state index < -0.39 is 27.2 Å². The number of carbonyl (C=O) groups is 1. The van der Waals surface area contributed by atoms with Gasteiger partial charge in [0.1, 0.15) is 6.54 Å². The van der Waals surface area contributed by atoms with Gasteiger partial charge in [0.15, 0.2) is 11.2 Å². The number of aromatic nitrogens is 4. The summed E-state index contributed by atoms with van der Waals surface area (Å²) in [6, 6.07) is 6.01. The highest BCUT2D eigenvalue weighted by molar-refractivity contribution is 7.89. The summed E-state index contributed by atoms with van der Waals surface area (Å²) < 4.78 is 30.8. The third kappa shape index (κ3) is 4.23. The molecule has 1 aromatic carbocycles. The summed E-state index contributed by atoms with van der Waals surface area (Å²) in [5, 5.41) is 2.70. The average Bonchev–Trinajstić information content (AvgIpc) is 3.20. The first-order chi connectivity index (χ1) is 15.6. The molecular weight excluding hydrogens is 448 g/mol. The smallest absolute Gasteiger partial charge is 0.325 e. The molecule has 11 nitrogen and oxygen atoms in total. The number of nitrogens with one attached hydrogen (secondary N) is 1. The molecule has 1 saturated heterocycles. The highest BCUT2D eigenvalue weighted by Crippen LogP contribution is 2.24. The Kier molecular flexibility index (Phi) is 5.97. The summed E-state index contributed by atoms with van der Waals surface area (Å²) in [7, 11) is -0.705. The van der Waals surface area contributed by atoms with Gasteiger partial charge in [-0.15, -0.1) is 0 Å². The summed E-state index contributed by atoms with van der Waals surface area (Å²) in [6.45, 7) is 2.93. The van der Waals surface area contributed by atoms with Gasteiger partial charge in [-0.3, -0.25) is 18.7 Å². The number of imidazole rings is 1. The Morgan fingerprint density at radius 2 is 1.73 bits per heavy atom. The van der Waals surface area contributed by atoms with Crippen LogP contribution in [0.15, 0.2) is 45.1 Å². The number of hydrogen-bond acceptors (Lipinski definition) is 6. The number of carbonyl (C=O) groups excluding carboxylic acids is 1. The second-order valence-corrected chi connectivity index (χ2v) is 10.3. The van der Waals surface area contributed by atoms with E-state index in [9.17, 15) is 22.8 Å². The lowest BCUT2D eigenvalue weighted by Crippen LogP contribution is -2.38. The Morgan fingerprint density at radius 3 is 2.36 bits per heavy atom. The molecule has 1 aliphatic heterocycles. The fourth-order valence-electron chi connectivity index (χ4n) is 3.96. The van der Waals surface area contributed by atoms with E-state index in [0.29, 0.717) is 24.7 Å². The number of amides is 1. The van der Waals surface area contributed by atoms with Crippen LogP contribution in [0.4, 0.5) is 5.69 Å². The first-order valence-electron chi connectivity index (χ1n) is 10.6. The molecule has 2 aromatic heterocycles. The molecule has 3 heterocycles. The SMILES string of the molecule is CC1CCN(S(=O)(=O)c2ccc(NC(=O)Cn3cnc4c3c(=O)n(C)c(=O)n4C)cc2)CC1. The molecule has 1 amide bonds. The standard InChI is InChI=1S/C21H26N6O5S/c1-14-8-10-27(11-9-14)33(31,32)16-6-4-15(5-7-16)23-17(28)12-26-13-22-19-18(26)20(29)25(3)21(30)24(19)2/h4-7,13-14H,8-12H2,1-3H3,(H,23,28). The molecule has 0 bridgehead atoms. The summed E-state index contributed by atoms with van der Waals surface area (Å²) in [4.78, 5) is 41.4. The molecule has 0 aliphatic carbocycles. The highest BCUT2D eigenvalue weighted by atomic mass is 32.2. The maximum absolute atomic E-state index is 12.8. The molecule has 1 aliphatic rings. The van der Waals surface area contributed by atoms with Crippen molar-refractivity contribution in [1.82, 2.24) is 23.0 Å². The van der Waals surface area contributed by atoms with E-state index in [-0.39, 0.29) is 22.6 Å². The molecule has 33 heavy (non-hydrogen) atoms. The molecule has 1 N–H and O–H groups in total. The minimum Gasteiger partial charge on any atom is -0.325 e. The van der Waals surface area contributed by atoms with Gasteiger partial charge in [0, 0.05) is 32.9 Å². The van der Waals surface area contributed by atoms with Crippen molar-refractivity contribution in [2.24, 2.45) is 20.0 Å². The highest BCUT2D eigenvalue weighted by Gasteiger charge is 2.28. The summed E-state index contributed by atoms with van der Waals surface area (Å²) in [6.07, 6.45) is 3.02. The summed E-state index contributed by atoms with van der Waals surface area (Å²) >= 11 is 0. The van der Waals surface area contributed by atoms with E-state index in [0.717, 1.165) is 17.4 Å². The molecule has 0 radical (unpaired) electrons. The van der Waals surface area contributed by atoms with Crippen molar-refractivity contribution in [1.29, 1.82) is 0 Å². The van der Waals surface area contributed by atoms with Crippen LogP contribution in [0.3, 0.4) is 0 Å². The predicted octanol–water partition coefficient (Wildman–Crippen LogP) is 0.493. The van der Waals surface area contributed by atoms with Crippen LogP contribution in [0, 0.1) is 5.92 Å². The normalized spacial score (nSPS) is 15.7. The molecule has 176 valence electrons. The molecule has 0 spiro atoms. The van der Waals surface area contributed by atoms with Crippen molar-refractivity contribution in [2.75, 3.05) is 18.4 Å². The van der Waals surface area contributed by atoms with Crippen LogP contribution in [-0.2, 0) is 35.5 Å². The van der Waals surface area contributed by atoms with Gasteiger partial charge in [-0.1, -0.05) is 6.92 Å². The first kappa shape index (κ1) is 22.9. The number of hydrogen-bond donors (Lipinski definition) is 1. The topological polar surface area (TPSA) is 128 Å². The Labute approximate surface area is 190 Å². The number of nitrogens with zero attached hydrogens (tertiary/aromatic N) is 5. The Balaban J connectivity index is 1.49. The molecule has 1 fully saturated rings. The minimum atomic E-state index is -3.57. The van der Waals surface area contributed by atoms with Crippen LogP contribution >= 0.6 is 0 Å². The summed E-state index contributed by atoms with van der Waals surface area (Å²) in [5.41, 5.74) is -0.281. The molecular formula is C21H26N6O5S. The lowest BCUT2D eigenvalue weighted by Gasteiger charge is -2.29. The minimum absolute atomic E-state index is 0.145. The molecule has 0 saturated carbocycles. The van der Waals surface area contributed by atoms with Crippen LogP contribution in [-0.4, -0.2) is 50.4 Å². The van der Waals surface area contributed by atoms with Crippen LogP contribution in [0.1, 0.15) is 19.8 Å². The van der Waals surface area contributed by atoms with Gasteiger partial charge in [0.2, 0.25) is 15.9 Å². The van der Waals surface area contributed by atoms with Crippen LogP contribution in [0.2, 0.25) is 0 Å². The van der Waals surface area contributed by atoms with E-state index in [1.54, 1.807) is 0 Å². The van der Waals surface area contributed by atoms with Crippen LogP contribution in [0.5, 0.6) is 0 Å². The lowest BCUT2D eigenvalue weighted by atomic mass is 10.0. The van der Waals surface area contributed by atoms with Crippen molar-refractivity contribution in [3.8, 4) is 0 Å². The lowest BCUT2D eigenvalue weighted by molar-refractivity contribution is -0.116. The number of benzene rings is 1. The maximum Gasteiger partial charge on any atom is 0.332 e. The van der Waals surface area contributed by atoms with Gasteiger partial charge < -0.3 is 9.88 Å². The molecule has 12 heteroatoms. The fourth-order valence-corrected chi connectivity index (χ4v) is 5.43. The number of sulfonamides is 1. The molecule has 4 rings (SSSR count). The van der Waals surface area contributed by atoms with Crippen molar-refractivity contribution in [2.45, 2.75) is 31.2 Å². The van der Waals surface area contributed by atoms with Crippen molar-refractivity contribution in [3.05, 3.63) is 51.4 Å². The third-order valence-electron chi connectivity index (χ3n) is 6.05. The van der Waals surface area contributed by atoms with Gasteiger partial charge in [-0.25, -0.2) is 18.2 Å². The van der Waals surface area contributed by atoms with Gasteiger partial charge in [0.25, 0.3) is 5.56 Å². The number of piperidine rings is 1. The van der Waals surface area contributed by atoms with Crippen molar-refractivity contribution < 1.29 is 13.2 Å². The Morgan fingerprint density at radius 1 is 1.09 bits per heavy atom. The molecule has 0 unspecified atom stereocenters. The third-order valence-corrected chi connectivity index (χ3v) is 7.96. The van der Waals surface area contributed by atoms with Crippen molar-refractivity contribution >= 4 is 32.8 Å². The van der Waals surface area contributed by atoms with E-state index in [2.05, 4.69) is 17.2 Å². The Bertz CT molecular complexity index is 1430. The van der Waals surface area contributed by atoms with Crippen LogP contribution < -0.4 is 16.6 Å². The molecule has 0 atom stereocenters. The van der Waals surface area contributed by atoms with Gasteiger partial charge in [0.05, 0.1) is 11.2 Å². The van der Waals surface area contributed by atoms with E-state index >= 15 is 0 Å². The van der Waals surface area contributed by atoms with E-state index in [4.69, 9.17) is 0 Å². The maximum atomic E-state index is 12.8. The number of rotatable bonds is 5. The zero-order valence-electron chi connectivity index (χ0n) is 18.7. The van der Waals surface area contributed by atoms with Gasteiger partial charge in [-0.05, 0) is 43.0 Å². The first-order valence-corrected chi connectivity index (χ1v) is 12.0. The zero-order valence-corrected chi connectivity index (χ0v) is 19.5. The van der Waals surface area contributed by atoms with Gasteiger partial charge >= 0.3 is 5.69 Å². The van der Waals surface area contributed by atoms with Crippen LogP contribution in [0.25, 0.3) is 11.2 Å². The largest absolute Gasteiger partial charge is 0.332 e. The monoisotopic (exact) mass is 474 g/mol. The van der Waals surface area contributed by atoms with E-state index in [1.165, 1.54) is 58.1 Å². The number of anilines is 1. The summed E-state index contributed by atoms with van der Waals surface area (Å²) in [5.74, 6) is 0.0950.